The van der Waals surface area contributed by atoms with Crippen LogP contribution < -0.4 is 5.73 Å². The number of aliphatic carboxylic acids is 1. The van der Waals surface area contributed by atoms with Gasteiger partial charge in [-0.1, -0.05) is 17.7 Å². The molecule has 5 heteroatoms. The number of hydrogen-bond donors (Lipinski definition) is 2. The Hall–Kier alpha value is -1.88. The van der Waals surface area contributed by atoms with Crippen LogP contribution in [-0.2, 0) is 4.79 Å². The van der Waals surface area contributed by atoms with Crippen LogP contribution in [0, 0.1) is 6.92 Å². The molecule has 18 heavy (non-hydrogen) atoms. The summed E-state index contributed by atoms with van der Waals surface area (Å²) in [6, 6.07) is 6.05. The molecule has 1 saturated heterocycles. The van der Waals surface area contributed by atoms with Gasteiger partial charge in [-0.2, -0.15) is 0 Å². The second-order valence-electron chi connectivity index (χ2n) is 4.68. The van der Waals surface area contributed by atoms with Gasteiger partial charge < -0.3 is 15.7 Å². The minimum atomic E-state index is -0.996. The van der Waals surface area contributed by atoms with Crippen molar-refractivity contribution < 1.29 is 14.7 Å². The van der Waals surface area contributed by atoms with Gasteiger partial charge in [-0.25, -0.2) is 4.79 Å². The molecule has 1 aromatic rings. The van der Waals surface area contributed by atoms with Gasteiger partial charge in [0.1, 0.15) is 6.04 Å². The predicted octanol–water partition coefficient (Wildman–Crippen LogP) is 0.621. The number of benzene rings is 1. The SMILES string of the molecule is Cc1cccc(C(=O)N2CC(N)CC2C(=O)O)c1. The molecule has 3 N–H and O–H groups in total. The van der Waals surface area contributed by atoms with Crippen molar-refractivity contribution in [2.24, 2.45) is 5.73 Å². The highest BCUT2D eigenvalue weighted by Gasteiger charge is 2.38. The van der Waals surface area contributed by atoms with E-state index in [1.807, 2.05) is 13.0 Å². The monoisotopic (exact) mass is 248 g/mol. The maximum absolute atomic E-state index is 12.3. The van der Waals surface area contributed by atoms with Crippen molar-refractivity contribution >= 4 is 11.9 Å². The van der Waals surface area contributed by atoms with Crippen molar-refractivity contribution in [1.29, 1.82) is 0 Å². The molecule has 0 saturated carbocycles. The molecule has 1 heterocycles. The molecule has 5 nitrogen and oxygen atoms in total. The van der Waals surface area contributed by atoms with Gasteiger partial charge in [0.15, 0.2) is 0 Å². The number of aryl methyl sites for hydroxylation is 1. The molecular weight excluding hydrogens is 232 g/mol. The van der Waals surface area contributed by atoms with Crippen molar-refractivity contribution in [3.8, 4) is 0 Å². The van der Waals surface area contributed by atoms with Gasteiger partial charge in [-0.15, -0.1) is 0 Å². The van der Waals surface area contributed by atoms with Crippen molar-refractivity contribution in [1.82, 2.24) is 4.90 Å². The smallest absolute Gasteiger partial charge is 0.326 e. The van der Waals surface area contributed by atoms with E-state index in [4.69, 9.17) is 10.8 Å². The lowest BCUT2D eigenvalue weighted by Crippen LogP contribution is -2.40. The molecule has 1 aromatic carbocycles. The van der Waals surface area contributed by atoms with Crippen LogP contribution in [0.3, 0.4) is 0 Å². The number of nitrogens with two attached hydrogens (primary N) is 1. The fourth-order valence-corrected chi connectivity index (χ4v) is 2.27. The molecule has 2 rings (SSSR count). The number of nitrogens with zero attached hydrogens (tertiary/aromatic N) is 1. The molecule has 1 amide bonds. The third-order valence-electron chi connectivity index (χ3n) is 3.14. The summed E-state index contributed by atoms with van der Waals surface area (Å²) >= 11 is 0. The number of hydrogen-bond acceptors (Lipinski definition) is 3. The van der Waals surface area contributed by atoms with Crippen molar-refractivity contribution in [3.05, 3.63) is 35.4 Å². The minimum absolute atomic E-state index is 0.264. The second kappa shape index (κ2) is 4.78. The summed E-state index contributed by atoms with van der Waals surface area (Å²) in [5.41, 5.74) is 7.22. The number of carboxylic acid groups (broad SMARTS) is 1. The molecule has 0 aliphatic carbocycles. The summed E-state index contributed by atoms with van der Waals surface area (Å²) in [4.78, 5) is 24.7. The fraction of sp³-hybridized carbons (Fsp3) is 0.385. The zero-order valence-corrected chi connectivity index (χ0v) is 10.2. The molecule has 0 spiro atoms. The predicted molar refractivity (Wildman–Crippen MR) is 66.2 cm³/mol. The van der Waals surface area contributed by atoms with Crippen LogP contribution in [0.25, 0.3) is 0 Å². The zero-order chi connectivity index (χ0) is 13.3. The number of carbonyl (C=O) groups is 2. The van der Waals surface area contributed by atoms with Crippen molar-refractivity contribution in [2.45, 2.75) is 25.4 Å². The van der Waals surface area contributed by atoms with E-state index in [1.165, 1.54) is 4.90 Å². The lowest BCUT2D eigenvalue weighted by atomic mass is 10.1. The summed E-state index contributed by atoms with van der Waals surface area (Å²) in [6.07, 6.45) is 0.312. The lowest BCUT2D eigenvalue weighted by molar-refractivity contribution is -0.141. The van der Waals surface area contributed by atoms with Crippen LogP contribution >= 0.6 is 0 Å². The highest BCUT2D eigenvalue weighted by molar-refractivity contribution is 5.97. The molecule has 1 fully saturated rings. The normalized spacial score (nSPS) is 23.1. The van der Waals surface area contributed by atoms with Gasteiger partial charge in [0.25, 0.3) is 5.91 Å². The molecule has 2 unspecified atom stereocenters. The van der Waals surface area contributed by atoms with Crippen LogP contribution in [0.2, 0.25) is 0 Å². The Balaban J connectivity index is 2.25. The first kappa shape index (κ1) is 12.6. The van der Waals surface area contributed by atoms with Gasteiger partial charge in [0.05, 0.1) is 0 Å². The Morgan fingerprint density at radius 2 is 2.17 bits per heavy atom. The largest absolute Gasteiger partial charge is 0.480 e. The molecule has 1 aliphatic rings. The summed E-state index contributed by atoms with van der Waals surface area (Å²) in [5.74, 6) is -1.26. The third kappa shape index (κ3) is 2.36. The maximum Gasteiger partial charge on any atom is 0.326 e. The van der Waals surface area contributed by atoms with E-state index < -0.39 is 12.0 Å². The summed E-state index contributed by atoms with van der Waals surface area (Å²) in [5, 5.41) is 9.10. The Bertz CT molecular complexity index is 487. The van der Waals surface area contributed by atoms with Crippen LogP contribution in [0.1, 0.15) is 22.3 Å². The number of amides is 1. The third-order valence-corrected chi connectivity index (χ3v) is 3.14. The first-order chi connectivity index (χ1) is 8.49. The highest BCUT2D eigenvalue weighted by Crippen LogP contribution is 2.20. The van der Waals surface area contributed by atoms with E-state index in [1.54, 1.807) is 18.2 Å². The Labute approximate surface area is 105 Å². The number of carbonyl (C=O) groups excluding carboxylic acids is 1. The molecule has 0 radical (unpaired) electrons. The van der Waals surface area contributed by atoms with Crippen LogP contribution in [0.4, 0.5) is 0 Å². The van der Waals surface area contributed by atoms with Crippen LogP contribution in [0.5, 0.6) is 0 Å². The number of carboxylic acids is 1. The maximum atomic E-state index is 12.3. The summed E-state index contributed by atoms with van der Waals surface area (Å²) in [6.45, 7) is 2.19. The van der Waals surface area contributed by atoms with E-state index in [-0.39, 0.29) is 11.9 Å². The first-order valence-electron chi connectivity index (χ1n) is 5.85. The van der Waals surface area contributed by atoms with Crippen molar-refractivity contribution in [3.63, 3.8) is 0 Å². The molecular formula is C13H16N2O3. The van der Waals surface area contributed by atoms with Crippen LogP contribution in [0.15, 0.2) is 24.3 Å². The molecule has 2 atom stereocenters. The summed E-state index contributed by atoms with van der Waals surface area (Å²) in [7, 11) is 0. The number of likely N-dealkylation sites (tertiary alicyclic amines) is 1. The van der Waals surface area contributed by atoms with Gasteiger partial charge in [-0.3, -0.25) is 4.79 Å². The first-order valence-corrected chi connectivity index (χ1v) is 5.85. The summed E-state index contributed by atoms with van der Waals surface area (Å²) < 4.78 is 0. The quantitative estimate of drug-likeness (QED) is 0.803. The average Bonchev–Trinajstić information content (AvgIpc) is 2.70. The molecule has 0 aromatic heterocycles. The zero-order valence-electron chi connectivity index (χ0n) is 10.2. The van der Waals surface area contributed by atoms with E-state index in [0.29, 0.717) is 18.5 Å². The highest BCUT2D eigenvalue weighted by atomic mass is 16.4. The topological polar surface area (TPSA) is 83.6 Å². The molecule has 96 valence electrons. The average molecular weight is 248 g/mol. The van der Waals surface area contributed by atoms with E-state index in [0.717, 1.165) is 5.56 Å². The van der Waals surface area contributed by atoms with E-state index in [2.05, 4.69) is 0 Å². The van der Waals surface area contributed by atoms with Gasteiger partial charge in [-0.05, 0) is 25.5 Å². The van der Waals surface area contributed by atoms with Gasteiger partial charge >= 0.3 is 5.97 Å². The van der Waals surface area contributed by atoms with E-state index >= 15 is 0 Å². The Morgan fingerprint density at radius 3 is 2.78 bits per heavy atom. The second-order valence-corrected chi connectivity index (χ2v) is 4.68. The van der Waals surface area contributed by atoms with Crippen LogP contribution in [-0.4, -0.2) is 40.5 Å². The van der Waals surface area contributed by atoms with Gasteiger partial charge in [0.2, 0.25) is 0 Å². The van der Waals surface area contributed by atoms with Crippen molar-refractivity contribution in [2.75, 3.05) is 6.54 Å². The lowest BCUT2D eigenvalue weighted by Gasteiger charge is -2.21. The molecule has 1 aliphatic heterocycles. The standard InChI is InChI=1S/C13H16N2O3/c1-8-3-2-4-9(5-8)12(16)15-7-10(14)6-11(15)13(17)18/h2-5,10-11H,6-7,14H2,1H3,(H,17,18). The Kier molecular flexibility index (Phi) is 3.34. The van der Waals surface area contributed by atoms with E-state index in [9.17, 15) is 9.59 Å². The number of rotatable bonds is 2. The minimum Gasteiger partial charge on any atom is -0.480 e. The fourth-order valence-electron chi connectivity index (χ4n) is 2.27. The van der Waals surface area contributed by atoms with Gasteiger partial charge in [0, 0.05) is 18.2 Å². The Morgan fingerprint density at radius 1 is 1.44 bits per heavy atom. The molecule has 0 bridgehead atoms.